The van der Waals surface area contributed by atoms with Crippen molar-refractivity contribution < 1.29 is 33.9 Å². The Kier molecular flexibility index (Phi) is 8.41. The van der Waals surface area contributed by atoms with Crippen molar-refractivity contribution in [3.63, 3.8) is 0 Å². The van der Waals surface area contributed by atoms with Gasteiger partial charge in [-0.3, -0.25) is 4.79 Å². The zero-order valence-corrected chi connectivity index (χ0v) is 9.04. The number of aliphatic imine (C=N–C) groups is 1. The molecule has 10 heavy (non-hydrogen) atoms. The van der Waals surface area contributed by atoms with Crippen LogP contribution in [0.2, 0.25) is 0 Å². The van der Waals surface area contributed by atoms with E-state index in [4.69, 9.17) is 0 Å². The molecule has 0 radical (unpaired) electrons. The van der Waals surface area contributed by atoms with Gasteiger partial charge in [0.2, 0.25) is 5.91 Å². The SMILES string of the molecule is O=C1CCCC([O-])=N1.[I-].[Mg+2]. The van der Waals surface area contributed by atoms with E-state index in [2.05, 4.69) is 4.99 Å². The first-order chi connectivity index (χ1) is 3.79. The average molecular weight is 263 g/mol. The first kappa shape index (κ1) is 13.2. The second kappa shape index (κ2) is 6.35. The van der Waals surface area contributed by atoms with E-state index in [1.54, 1.807) is 0 Å². The van der Waals surface area contributed by atoms with E-state index in [9.17, 15) is 9.90 Å². The molecule has 0 fully saturated rings. The Balaban J connectivity index is 0. The van der Waals surface area contributed by atoms with Crippen LogP contribution in [0.4, 0.5) is 0 Å². The number of carbonyl (C=O) groups excluding carboxylic acids is 1. The molecule has 0 unspecified atom stereocenters. The number of halogens is 1. The predicted molar refractivity (Wildman–Crippen MR) is 32.0 cm³/mol. The second-order valence-electron chi connectivity index (χ2n) is 1.75. The molecule has 52 valence electrons. The van der Waals surface area contributed by atoms with Gasteiger partial charge in [0.15, 0.2) is 0 Å². The summed E-state index contributed by atoms with van der Waals surface area (Å²) in [6.45, 7) is 0. The summed E-state index contributed by atoms with van der Waals surface area (Å²) < 4.78 is 0. The van der Waals surface area contributed by atoms with Crippen molar-refractivity contribution in [2.45, 2.75) is 19.3 Å². The minimum absolute atomic E-state index is 0. The Morgan fingerprint density at radius 2 is 2.00 bits per heavy atom. The van der Waals surface area contributed by atoms with Crippen LogP contribution in [-0.4, -0.2) is 34.9 Å². The molecule has 0 saturated heterocycles. The van der Waals surface area contributed by atoms with Crippen molar-refractivity contribution >= 4 is 34.9 Å². The van der Waals surface area contributed by atoms with E-state index < -0.39 is 0 Å². The van der Waals surface area contributed by atoms with Gasteiger partial charge in [-0.1, -0.05) is 0 Å². The van der Waals surface area contributed by atoms with Crippen LogP contribution in [0.25, 0.3) is 0 Å². The number of rotatable bonds is 0. The molecule has 1 aliphatic heterocycles. The van der Waals surface area contributed by atoms with Crippen LogP contribution < -0.4 is 29.1 Å². The van der Waals surface area contributed by atoms with Gasteiger partial charge in [0.1, 0.15) is 0 Å². The largest absolute Gasteiger partial charge is 2.00 e. The molecule has 1 rings (SSSR count). The quantitative estimate of drug-likeness (QED) is 0.331. The van der Waals surface area contributed by atoms with Gasteiger partial charge in [-0.25, -0.2) is 4.99 Å². The molecule has 0 bridgehead atoms. The Labute approximate surface area is 92.5 Å². The fourth-order valence-corrected chi connectivity index (χ4v) is 0.642. The van der Waals surface area contributed by atoms with Gasteiger partial charge in [-0.05, 0) is 18.7 Å². The maximum absolute atomic E-state index is 10.3. The van der Waals surface area contributed by atoms with Gasteiger partial charge in [0.05, 0.1) is 0 Å². The van der Waals surface area contributed by atoms with Gasteiger partial charge >= 0.3 is 23.1 Å². The predicted octanol–water partition coefficient (Wildman–Crippen LogP) is -3.92. The molecule has 0 aromatic rings. The minimum atomic E-state index is -0.263. The van der Waals surface area contributed by atoms with E-state index in [0.29, 0.717) is 19.3 Å². The molecular formula is C5H6IMgNO2. The molecule has 0 aliphatic carbocycles. The summed E-state index contributed by atoms with van der Waals surface area (Å²) in [6.07, 6.45) is 1.58. The van der Waals surface area contributed by atoms with Crippen LogP contribution in [0.15, 0.2) is 4.99 Å². The normalized spacial score (nSPS) is 16.4. The van der Waals surface area contributed by atoms with Crippen LogP contribution in [-0.2, 0) is 4.79 Å². The standard InChI is InChI=1S/C5H7NO2.HI.Mg/c7-4-2-1-3-5(8)6-4;;/h1-3H2,(H,6,7,8);1H;/q;;+2/p-2. The van der Waals surface area contributed by atoms with E-state index in [1.807, 2.05) is 0 Å². The maximum atomic E-state index is 10.3. The molecule has 0 spiro atoms. The van der Waals surface area contributed by atoms with E-state index in [-0.39, 0.29) is 58.8 Å². The summed E-state index contributed by atoms with van der Waals surface area (Å²) in [5.41, 5.74) is 0. The molecule has 0 atom stereocenters. The molecule has 3 nitrogen and oxygen atoms in total. The Morgan fingerprint density at radius 3 is 2.30 bits per heavy atom. The number of hydrogen-bond acceptors (Lipinski definition) is 2. The molecular weight excluding hydrogens is 257 g/mol. The van der Waals surface area contributed by atoms with Gasteiger partial charge < -0.3 is 29.1 Å². The van der Waals surface area contributed by atoms with Crippen LogP contribution >= 0.6 is 0 Å². The zero-order valence-electron chi connectivity index (χ0n) is 5.47. The molecule has 1 amide bonds. The fraction of sp³-hybridized carbons (Fsp3) is 0.600. The van der Waals surface area contributed by atoms with Crippen LogP contribution in [0.5, 0.6) is 0 Å². The van der Waals surface area contributed by atoms with Crippen LogP contribution in [0, 0.1) is 0 Å². The fourth-order valence-electron chi connectivity index (χ4n) is 0.642. The van der Waals surface area contributed by atoms with Crippen LogP contribution in [0.1, 0.15) is 19.3 Å². The second-order valence-corrected chi connectivity index (χ2v) is 1.75. The molecule has 0 saturated carbocycles. The van der Waals surface area contributed by atoms with Gasteiger partial charge in [-0.15, -0.1) is 0 Å². The Morgan fingerprint density at radius 1 is 1.40 bits per heavy atom. The monoisotopic (exact) mass is 263 g/mol. The van der Waals surface area contributed by atoms with Gasteiger partial charge in [0, 0.05) is 6.42 Å². The summed E-state index contributed by atoms with van der Waals surface area (Å²) in [4.78, 5) is 13.5. The molecule has 0 aromatic heterocycles. The third-order valence-electron chi connectivity index (χ3n) is 1.03. The van der Waals surface area contributed by atoms with Gasteiger partial charge in [-0.2, -0.15) is 0 Å². The van der Waals surface area contributed by atoms with E-state index in [0.717, 1.165) is 0 Å². The first-order valence-corrected chi connectivity index (χ1v) is 2.56. The molecule has 0 aromatic carbocycles. The van der Waals surface area contributed by atoms with Crippen molar-refractivity contribution in [1.82, 2.24) is 0 Å². The third kappa shape index (κ3) is 4.45. The molecule has 1 heterocycles. The number of amides is 1. The van der Waals surface area contributed by atoms with Crippen LogP contribution in [0.3, 0.4) is 0 Å². The van der Waals surface area contributed by atoms with E-state index in [1.165, 1.54) is 0 Å². The molecule has 5 heteroatoms. The summed E-state index contributed by atoms with van der Waals surface area (Å²) >= 11 is 0. The zero-order chi connectivity index (χ0) is 5.98. The Bertz CT molecular complexity index is 149. The van der Waals surface area contributed by atoms with Crippen molar-refractivity contribution in [1.29, 1.82) is 0 Å². The minimum Gasteiger partial charge on any atom is -1.00 e. The summed E-state index contributed by atoms with van der Waals surface area (Å²) in [5, 5.41) is 10.3. The first-order valence-electron chi connectivity index (χ1n) is 2.56. The third-order valence-corrected chi connectivity index (χ3v) is 1.03. The summed E-state index contributed by atoms with van der Waals surface area (Å²) in [5.74, 6) is -0.525. The van der Waals surface area contributed by atoms with Crippen molar-refractivity contribution in [3.05, 3.63) is 0 Å². The Hall–Kier alpha value is 0.636. The van der Waals surface area contributed by atoms with Gasteiger partial charge in [0.25, 0.3) is 0 Å². The number of hydrogen-bond donors (Lipinski definition) is 0. The van der Waals surface area contributed by atoms with Crippen molar-refractivity contribution in [2.24, 2.45) is 4.99 Å². The molecule has 0 N–H and O–H groups in total. The summed E-state index contributed by atoms with van der Waals surface area (Å²) in [7, 11) is 0. The number of carbonyl (C=O) groups is 1. The average Bonchev–Trinajstić information content (AvgIpc) is 1.64. The molecule has 1 aliphatic rings. The van der Waals surface area contributed by atoms with Crippen molar-refractivity contribution in [3.8, 4) is 0 Å². The van der Waals surface area contributed by atoms with Crippen molar-refractivity contribution in [2.75, 3.05) is 0 Å². The summed E-state index contributed by atoms with van der Waals surface area (Å²) in [6, 6.07) is 0. The smallest absolute Gasteiger partial charge is 1.00 e. The maximum Gasteiger partial charge on any atom is 2.00 e. The number of nitrogens with zero attached hydrogens (tertiary/aromatic N) is 1. The van der Waals surface area contributed by atoms with E-state index >= 15 is 0 Å². The topological polar surface area (TPSA) is 52.5 Å².